The number of aliphatic carboxylic acids is 3. The topological polar surface area (TPSA) is 140 Å². The molecule has 0 bridgehead atoms. The maximum atomic E-state index is 13.0. The summed E-state index contributed by atoms with van der Waals surface area (Å²) in [5.41, 5.74) is -4.34. The van der Waals surface area contributed by atoms with Crippen molar-refractivity contribution in [3.63, 3.8) is 0 Å². The van der Waals surface area contributed by atoms with Crippen molar-refractivity contribution in [3.05, 3.63) is 0 Å². The number of ether oxygens (including phenoxy) is 3. The van der Waals surface area contributed by atoms with Gasteiger partial charge in [-0.3, -0.25) is 9.59 Å². The molecule has 0 aromatic carbocycles. The van der Waals surface area contributed by atoms with Gasteiger partial charge in [0.1, 0.15) is 5.41 Å². The zero-order chi connectivity index (χ0) is 28.3. The lowest BCUT2D eigenvalue weighted by Crippen LogP contribution is -2.61. The van der Waals surface area contributed by atoms with E-state index in [1.165, 1.54) is 0 Å². The predicted octanol–water partition coefficient (Wildman–Crippen LogP) is 6.07. The lowest BCUT2D eigenvalue weighted by atomic mass is 9.64. The molecule has 0 saturated carbocycles. The minimum Gasteiger partial charge on any atom is -0.481 e. The van der Waals surface area contributed by atoms with E-state index in [2.05, 4.69) is 13.8 Å². The second kappa shape index (κ2) is 19.4. The van der Waals surface area contributed by atoms with Crippen LogP contribution in [0.15, 0.2) is 0 Å². The monoisotopic (exact) mass is 544 g/mol. The van der Waals surface area contributed by atoms with Gasteiger partial charge >= 0.3 is 17.9 Å². The van der Waals surface area contributed by atoms with Gasteiger partial charge in [-0.05, 0) is 32.1 Å². The average molecular weight is 545 g/mol. The largest absolute Gasteiger partial charge is 0.481 e. The third kappa shape index (κ3) is 11.2. The van der Waals surface area contributed by atoms with Gasteiger partial charge < -0.3 is 29.5 Å². The molecular weight excluding hydrogens is 492 g/mol. The van der Waals surface area contributed by atoms with Crippen molar-refractivity contribution in [2.75, 3.05) is 26.4 Å². The van der Waals surface area contributed by atoms with Gasteiger partial charge in [-0.1, -0.05) is 84.5 Å². The summed E-state index contributed by atoms with van der Waals surface area (Å²) in [4.78, 5) is 37.7. The van der Waals surface area contributed by atoms with Crippen molar-refractivity contribution in [1.29, 1.82) is 0 Å². The lowest BCUT2D eigenvalue weighted by molar-refractivity contribution is -0.209. The maximum absolute atomic E-state index is 13.0. The Morgan fingerprint density at radius 1 is 0.789 bits per heavy atom. The molecule has 1 fully saturated rings. The van der Waals surface area contributed by atoms with E-state index in [1.807, 2.05) is 0 Å². The molecule has 1 aliphatic rings. The van der Waals surface area contributed by atoms with E-state index in [9.17, 15) is 29.7 Å². The minimum absolute atomic E-state index is 0.00595. The fraction of sp³-hybridized carbons (Fsp3) is 0.897. The van der Waals surface area contributed by atoms with Crippen LogP contribution in [0.1, 0.15) is 123 Å². The molecule has 0 spiro atoms. The molecule has 1 saturated heterocycles. The van der Waals surface area contributed by atoms with E-state index in [0.717, 1.165) is 77.0 Å². The van der Waals surface area contributed by atoms with Gasteiger partial charge in [-0.25, -0.2) is 4.79 Å². The van der Waals surface area contributed by atoms with Crippen LogP contribution < -0.4 is 0 Å². The van der Waals surface area contributed by atoms with E-state index in [-0.39, 0.29) is 32.2 Å². The molecule has 0 aromatic rings. The van der Waals surface area contributed by atoms with Crippen LogP contribution in [0.2, 0.25) is 0 Å². The van der Waals surface area contributed by atoms with Gasteiger partial charge in [0.15, 0.2) is 5.60 Å². The summed E-state index contributed by atoms with van der Waals surface area (Å²) in [6.07, 6.45) is 11.6. The molecule has 0 amide bonds. The van der Waals surface area contributed by atoms with Crippen LogP contribution in [0.3, 0.4) is 0 Å². The number of hydrogen-bond acceptors (Lipinski definition) is 6. The zero-order valence-corrected chi connectivity index (χ0v) is 23.7. The maximum Gasteiger partial charge on any atom is 0.337 e. The van der Waals surface area contributed by atoms with Crippen molar-refractivity contribution in [1.82, 2.24) is 0 Å². The van der Waals surface area contributed by atoms with E-state index in [0.29, 0.717) is 26.1 Å². The van der Waals surface area contributed by atoms with Crippen molar-refractivity contribution in [2.24, 2.45) is 5.41 Å². The van der Waals surface area contributed by atoms with Crippen molar-refractivity contribution in [3.8, 4) is 0 Å². The Bertz CT molecular complexity index is 677. The second-order valence-corrected chi connectivity index (χ2v) is 10.7. The number of carbonyl (C=O) groups is 3. The Balaban J connectivity index is 3.13. The molecule has 9 heteroatoms. The van der Waals surface area contributed by atoms with Gasteiger partial charge in [-0.2, -0.15) is 0 Å². The molecule has 1 aliphatic heterocycles. The van der Waals surface area contributed by atoms with E-state index < -0.39 is 35.3 Å². The highest BCUT2D eigenvalue weighted by Crippen LogP contribution is 2.46. The van der Waals surface area contributed by atoms with Gasteiger partial charge in [0.05, 0.1) is 19.1 Å². The zero-order valence-electron chi connectivity index (χ0n) is 23.7. The third-order valence-electron chi connectivity index (χ3n) is 7.73. The van der Waals surface area contributed by atoms with E-state index in [1.54, 1.807) is 0 Å². The SMILES string of the molecule is CCCCCCCCOC(CC(=O)O)(C(=O)O)C(CCCCCCCC)(CCOCC1CCCO1)C(=O)O. The highest BCUT2D eigenvalue weighted by molar-refractivity contribution is 5.92. The number of carboxylic acid groups (broad SMARTS) is 3. The van der Waals surface area contributed by atoms with Crippen molar-refractivity contribution in [2.45, 2.75) is 135 Å². The summed E-state index contributed by atoms with van der Waals surface area (Å²) in [7, 11) is 0. The van der Waals surface area contributed by atoms with E-state index >= 15 is 0 Å². The standard InChI is InChI=1S/C29H52O9/c1-3-5-7-9-11-13-17-28(26(32)33,18-21-36-23-24-16-15-19-37-24)29(27(34)35,22-25(30)31)38-20-14-12-10-8-6-4-2/h24H,3-23H2,1-2H3,(H,30,31)(H,32,33)(H,34,35). The smallest absolute Gasteiger partial charge is 0.337 e. The summed E-state index contributed by atoms with van der Waals surface area (Å²) < 4.78 is 17.2. The first-order valence-electron chi connectivity index (χ1n) is 14.8. The molecule has 3 unspecified atom stereocenters. The first-order valence-corrected chi connectivity index (χ1v) is 14.8. The Morgan fingerprint density at radius 2 is 1.39 bits per heavy atom. The molecule has 0 radical (unpaired) electrons. The summed E-state index contributed by atoms with van der Waals surface area (Å²) in [6.45, 7) is 5.17. The lowest BCUT2D eigenvalue weighted by Gasteiger charge is -2.44. The molecule has 3 N–H and O–H groups in total. The molecule has 9 nitrogen and oxygen atoms in total. The Hall–Kier alpha value is -1.71. The fourth-order valence-corrected chi connectivity index (χ4v) is 5.40. The first kappa shape index (κ1) is 34.3. The van der Waals surface area contributed by atoms with Gasteiger partial charge in [0.2, 0.25) is 0 Å². The van der Waals surface area contributed by atoms with Crippen LogP contribution in [0.5, 0.6) is 0 Å². The second-order valence-electron chi connectivity index (χ2n) is 10.7. The number of rotatable bonds is 25. The van der Waals surface area contributed by atoms with Crippen LogP contribution in [-0.4, -0.2) is 71.4 Å². The minimum atomic E-state index is -2.40. The molecule has 3 atom stereocenters. The van der Waals surface area contributed by atoms with E-state index in [4.69, 9.17) is 14.2 Å². The molecule has 0 aromatic heterocycles. The molecule has 222 valence electrons. The van der Waals surface area contributed by atoms with Gasteiger partial charge in [0, 0.05) is 19.8 Å². The van der Waals surface area contributed by atoms with Crippen LogP contribution in [-0.2, 0) is 28.6 Å². The Kier molecular flexibility index (Phi) is 17.5. The normalized spacial score (nSPS) is 18.6. The summed E-state index contributed by atoms with van der Waals surface area (Å²) in [5.74, 6) is -4.29. The molecule has 1 heterocycles. The molecule has 1 rings (SSSR count). The first-order chi connectivity index (χ1) is 18.3. The summed E-state index contributed by atoms with van der Waals surface area (Å²) >= 11 is 0. The highest BCUT2D eigenvalue weighted by Gasteiger charge is 2.63. The number of carboxylic acids is 3. The fourth-order valence-electron chi connectivity index (χ4n) is 5.40. The van der Waals surface area contributed by atoms with Crippen LogP contribution in [0.4, 0.5) is 0 Å². The quantitative estimate of drug-likeness (QED) is 0.117. The molecule has 38 heavy (non-hydrogen) atoms. The van der Waals surface area contributed by atoms with Crippen LogP contribution >= 0.6 is 0 Å². The van der Waals surface area contributed by atoms with Crippen molar-refractivity contribution < 1.29 is 43.9 Å². The summed E-state index contributed by atoms with van der Waals surface area (Å²) in [6, 6.07) is 0. The predicted molar refractivity (Wildman–Crippen MR) is 144 cm³/mol. The van der Waals surface area contributed by atoms with Gasteiger partial charge in [-0.15, -0.1) is 0 Å². The Labute approximate surface area is 228 Å². The number of unbranched alkanes of at least 4 members (excludes halogenated alkanes) is 10. The van der Waals surface area contributed by atoms with Gasteiger partial charge in [0.25, 0.3) is 0 Å². The van der Waals surface area contributed by atoms with Crippen LogP contribution in [0, 0.1) is 5.41 Å². The molecule has 0 aliphatic carbocycles. The number of hydrogen-bond donors (Lipinski definition) is 3. The van der Waals surface area contributed by atoms with Crippen molar-refractivity contribution >= 4 is 17.9 Å². The average Bonchev–Trinajstić information content (AvgIpc) is 3.39. The van der Waals surface area contributed by atoms with Crippen LogP contribution in [0.25, 0.3) is 0 Å². The Morgan fingerprint density at radius 3 is 1.92 bits per heavy atom. The summed E-state index contributed by atoms with van der Waals surface area (Å²) in [5, 5.41) is 30.7. The highest BCUT2D eigenvalue weighted by atomic mass is 16.5. The molecular formula is C29H52O9. The third-order valence-corrected chi connectivity index (χ3v) is 7.73.